The second-order valence-electron chi connectivity index (χ2n) is 4.99. The van der Waals surface area contributed by atoms with E-state index in [1.807, 2.05) is 17.7 Å². The number of carbonyl (C=O) groups excluding carboxylic acids is 1. The zero-order valence-electron chi connectivity index (χ0n) is 10.8. The molecule has 3 N–H and O–H groups in total. The molecule has 104 valence electrons. The zero-order chi connectivity index (χ0) is 14.1. The number of hydrogen-bond donors (Lipinski definition) is 2. The Morgan fingerprint density at radius 3 is 2.95 bits per heavy atom. The van der Waals surface area contributed by atoms with Gasteiger partial charge in [-0.25, -0.2) is 10.2 Å². The zero-order valence-corrected chi connectivity index (χ0v) is 10.8. The summed E-state index contributed by atoms with van der Waals surface area (Å²) in [5.74, 6) is 4.84. The van der Waals surface area contributed by atoms with Crippen LogP contribution < -0.4 is 11.3 Å². The predicted molar refractivity (Wildman–Crippen MR) is 71.4 cm³/mol. The van der Waals surface area contributed by atoms with Crippen LogP contribution in [0.4, 0.5) is 4.39 Å². The first-order valence-corrected chi connectivity index (χ1v) is 6.50. The first-order valence-electron chi connectivity index (χ1n) is 6.50. The third-order valence-corrected chi connectivity index (χ3v) is 3.43. The SMILES string of the molecule is NNC(=O)c1ccc(F)c(Cn2ccc(C3CC3)n2)c1. The number of nitrogen functional groups attached to an aromatic ring is 1. The van der Waals surface area contributed by atoms with E-state index in [0.717, 1.165) is 5.69 Å². The molecule has 1 fully saturated rings. The highest BCUT2D eigenvalue weighted by Crippen LogP contribution is 2.38. The molecule has 1 saturated carbocycles. The number of hydrazine groups is 1. The van der Waals surface area contributed by atoms with Gasteiger partial charge in [0.05, 0.1) is 12.2 Å². The van der Waals surface area contributed by atoms with E-state index < -0.39 is 5.91 Å². The fraction of sp³-hybridized carbons (Fsp3) is 0.286. The Labute approximate surface area is 115 Å². The van der Waals surface area contributed by atoms with Gasteiger partial charge in [-0.2, -0.15) is 5.10 Å². The van der Waals surface area contributed by atoms with E-state index in [0.29, 0.717) is 23.6 Å². The van der Waals surface area contributed by atoms with Crippen LogP contribution in [0.2, 0.25) is 0 Å². The number of amides is 1. The van der Waals surface area contributed by atoms with Gasteiger partial charge in [-0.3, -0.25) is 14.9 Å². The highest BCUT2D eigenvalue weighted by atomic mass is 19.1. The van der Waals surface area contributed by atoms with Gasteiger partial charge >= 0.3 is 0 Å². The van der Waals surface area contributed by atoms with Crippen LogP contribution in [-0.2, 0) is 6.54 Å². The van der Waals surface area contributed by atoms with E-state index in [2.05, 4.69) is 5.10 Å². The molecule has 3 rings (SSSR count). The van der Waals surface area contributed by atoms with Crippen LogP contribution in [0.5, 0.6) is 0 Å². The minimum Gasteiger partial charge on any atom is -0.290 e. The molecule has 2 aromatic rings. The summed E-state index contributed by atoms with van der Waals surface area (Å²) in [5, 5.41) is 4.43. The highest BCUT2D eigenvalue weighted by molar-refractivity contribution is 5.93. The Morgan fingerprint density at radius 1 is 1.45 bits per heavy atom. The molecule has 0 atom stereocenters. The van der Waals surface area contributed by atoms with E-state index in [-0.39, 0.29) is 5.82 Å². The van der Waals surface area contributed by atoms with Crippen molar-refractivity contribution in [3.63, 3.8) is 0 Å². The van der Waals surface area contributed by atoms with Crippen molar-refractivity contribution in [1.82, 2.24) is 15.2 Å². The molecule has 1 aliphatic rings. The molecular weight excluding hydrogens is 259 g/mol. The van der Waals surface area contributed by atoms with Gasteiger partial charge in [0.1, 0.15) is 5.82 Å². The molecule has 1 aromatic heterocycles. The minimum atomic E-state index is -0.439. The minimum absolute atomic E-state index is 0.296. The lowest BCUT2D eigenvalue weighted by Crippen LogP contribution is -2.30. The lowest BCUT2D eigenvalue weighted by Gasteiger charge is -2.06. The van der Waals surface area contributed by atoms with E-state index in [4.69, 9.17) is 5.84 Å². The van der Waals surface area contributed by atoms with E-state index in [9.17, 15) is 9.18 Å². The van der Waals surface area contributed by atoms with E-state index in [1.54, 1.807) is 4.68 Å². The van der Waals surface area contributed by atoms with Crippen molar-refractivity contribution in [2.24, 2.45) is 5.84 Å². The van der Waals surface area contributed by atoms with Crippen LogP contribution in [-0.4, -0.2) is 15.7 Å². The molecule has 1 heterocycles. The highest BCUT2D eigenvalue weighted by Gasteiger charge is 2.25. The second-order valence-corrected chi connectivity index (χ2v) is 4.99. The second kappa shape index (κ2) is 5.05. The largest absolute Gasteiger partial charge is 0.290 e. The molecule has 5 nitrogen and oxygen atoms in total. The smallest absolute Gasteiger partial charge is 0.265 e. The molecule has 0 saturated heterocycles. The summed E-state index contributed by atoms with van der Waals surface area (Å²) in [4.78, 5) is 11.5. The van der Waals surface area contributed by atoms with Crippen molar-refractivity contribution in [3.05, 3.63) is 53.1 Å². The summed E-state index contributed by atoms with van der Waals surface area (Å²) in [6.07, 6.45) is 4.19. The van der Waals surface area contributed by atoms with Crippen LogP contribution in [0.3, 0.4) is 0 Å². The predicted octanol–water partition coefficient (Wildman–Crippen LogP) is 1.55. The summed E-state index contributed by atoms with van der Waals surface area (Å²) >= 11 is 0. The number of nitrogens with zero attached hydrogens (tertiary/aromatic N) is 2. The summed E-state index contributed by atoms with van der Waals surface area (Å²) in [6, 6.07) is 6.13. The Bertz CT molecular complexity index is 648. The Kier molecular flexibility index (Phi) is 3.23. The van der Waals surface area contributed by atoms with Gasteiger partial charge in [0, 0.05) is 23.2 Å². The van der Waals surface area contributed by atoms with Gasteiger partial charge in [-0.15, -0.1) is 0 Å². The summed E-state index contributed by atoms with van der Waals surface area (Å²) in [7, 11) is 0. The quantitative estimate of drug-likeness (QED) is 0.505. The van der Waals surface area contributed by atoms with Crippen molar-refractivity contribution in [1.29, 1.82) is 0 Å². The van der Waals surface area contributed by atoms with Gasteiger partial charge in [0.25, 0.3) is 5.91 Å². The van der Waals surface area contributed by atoms with Gasteiger partial charge in [0.15, 0.2) is 0 Å². The number of halogens is 1. The number of nitrogens with one attached hydrogen (secondary N) is 1. The number of nitrogens with two attached hydrogens (primary N) is 1. The molecule has 0 bridgehead atoms. The van der Waals surface area contributed by atoms with Crippen LogP contribution in [0, 0.1) is 5.82 Å². The maximum absolute atomic E-state index is 13.8. The summed E-state index contributed by atoms with van der Waals surface area (Å²) < 4.78 is 15.5. The van der Waals surface area contributed by atoms with Crippen molar-refractivity contribution in [2.45, 2.75) is 25.3 Å². The fourth-order valence-corrected chi connectivity index (χ4v) is 2.16. The molecule has 0 unspecified atom stereocenters. The maximum Gasteiger partial charge on any atom is 0.265 e. The van der Waals surface area contributed by atoms with Crippen LogP contribution in [0.15, 0.2) is 30.5 Å². The average molecular weight is 274 g/mol. The Balaban J connectivity index is 1.82. The van der Waals surface area contributed by atoms with Crippen molar-refractivity contribution < 1.29 is 9.18 Å². The molecule has 0 radical (unpaired) electrons. The molecule has 1 aliphatic carbocycles. The standard InChI is InChI=1S/C14H15FN4O/c15-12-4-3-10(14(20)17-16)7-11(12)8-19-6-5-13(18-19)9-1-2-9/h3-7,9H,1-2,8,16H2,(H,17,20). The van der Waals surface area contributed by atoms with Crippen LogP contribution in [0.1, 0.15) is 40.4 Å². The molecule has 20 heavy (non-hydrogen) atoms. The number of carbonyl (C=O) groups is 1. The first-order chi connectivity index (χ1) is 9.67. The molecule has 6 heteroatoms. The third-order valence-electron chi connectivity index (χ3n) is 3.43. The van der Waals surface area contributed by atoms with Gasteiger partial charge < -0.3 is 0 Å². The fourth-order valence-electron chi connectivity index (χ4n) is 2.16. The topological polar surface area (TPSA) is 72.9 Å². The van der Waals surface area contributed by atoms with E-state index in [1.165, 1.54) is 31.0 Å². The number of hydrogen-bond acceptors (Lipinski definition) is 3. The van der Waals surface area contributed by atoms with Crippen LogP contribution in [0.25, 0.3) is 0 Å². The molecular formula is C14H15FN4O. The van der Waals surface area contributed by atoms with Crippen LogP contribution >= 0.6 is 0 Å². The molecule has 0 spiro atoms. The normalized spacial score (nSPS) is 14.3. The van der Waals surface area contributed by atoms with Crippen molar-refractivity contribution >= 4 is 5.91 Å². The molecule has 1 aromatic carbocycles. The lowest BCUT2D eigenvalue weighted by molar-refractivity contribution is 0.0953. The van der Waals surface area contributed by atoms with E-state index >= 15 is 0 Å². The van der Waals surface area contributed by atoms with Crippen molar-refractivity contribution in [2.75, 3.05) is 0 Å². The Hall–Kier alpha value is -2.21. The average Bonchev–Trinajstić information content (AvgIpc) is 3.21. The maximum atomic E-state index is 13.8. The molecule has 0 aliphatic heterocycles. The third kappa shape index (κ3) is 2.55. The van der Waals surface area contributed by atoms with Gasteiger partial charge in [-0.05, 0) is 37.1 Å². The van der Waals surface area contributed by atoms with Gasteiger partial charge in [0.2, 0.25) is 0 Å². The Morgan fingerprint density at radius 2 is 2.25 bits per heavy atom. The summed E-state index contributed by atoms with van der Waals surface area (Å²) in [5.41, 5.74) is 3.84. The van der Waals surface area contributed by atoms with Gasteiger partial charge in [-0.1, -0.05) is 0 Å². The number of rotatable bonds is 4. The molecule has 1 amide bonds. The monoisotopic (exact) mass is 274 g/mol. The first kappa shape index (κ1) is 12.8. The lowest BCUT2D eigenvalue weighted by atomic mass is 10.1. The number of benzene rings is 1. The number of aromatic nitrogens is 2. The van der Waals surface area contributed by atoms with Crippen molar-refractivity contribution in [3.8, 4) is 0 Å². The summed E-state index contributed by atoms with van der Waals surface area (Å²) in [6.45, 7) is 0.296.